The molecule has 2 aromatic heterocycles. The van der Waals surface area contributed by atoms with Gasteiger partial charge in [0.1, 0.15) is 34.3 Å². The monoisotopic (exact) mass is 988 g/mol. The SMILES string of the molecule is COc1ccc(F)c(F)c1C(=O)c1cnc(NC2CCN(S(=O)(=O)CCCCl)CC2)nc1N.COc1ccc(F)c(F)c1C(=O)c1cnc(NC2CCN(S(=O)(=O)CCCO)CC2)nc1N. The molecule has 360 valence electrons. The maximum atomic E-state index is 14.3. The Hall–Kier alpha value is -5.47. The summed E-state index contributed by atoms with van der Waals surface area (Å²) in [5.41, 5.74) is 10.2. The van der Waals surface area contributed by atoms with Crippen molar-refractivity contribution in [1.29, 1.82) is 0 Å². The van der Waals surface area contributed by atoms with Crippen LogP contribution >= 0.6 is 11.6 Å². The molecule has 2 fully saturated rings. The van der Waals surface area contributed by atoms with E-state index in [-0.39, 0.29) is 88.7 Å². The van der Waals surface area contributed by atoms with Crippen molar-refractivity contribution in [3.05, 3.63) is 82.2 Å². The van der Waals surface area contributed by atoms with Crippen molar-refractivity contribution in [3.63, 3.8) is 0 Å². The summed E-state index contributed by atoms with van der Waals surface area (Å²) < 4.78 is 118. The van der Waals surface area contributed by atoms with Crippen molar-refractivity contribution >= 4 is 66.7 Å². The van der Waals surface area contributed by atoms with Gasteiger partial charge in [-0.1, -0.05) is 0 Å². The molecular weight excluding hydrogens is 940 g/mol. The van der Waals surface area contributed by atoms with E-state index in [0.29, 0.717) is 58.3 Å². The number of aliphatic hydroxyl groups excluding tert-OH is 1. The first-order chi connectivity index (χ1) is 31.3. The summed E-state index contributed by atoms with van der Waals surface area (Å²) >= 11 is 5.59. The molecule has 2 aliphatic rings. The van der Waals surface area contributed by atoms with Crippen LogP contribution in [0.4, 0.5) is 41.1 Å². The highest BCUT2D eigenvalue weighted by Gasteiger charge is 2.31. The summed E-state index contributed by atoms with van der Waals surface area (Å²) in [5.74, 6) is -7.24. The first kappa shape index (κ1) is 51.5. The van der Waals surface area contributed by atoms with Gasteiger partial charge < -0.3 is 36.7 Å². The number of aromatic nitrogens is 4. The molecule has 6 rings (SSSR count). The van der Waals surface area contributed by atoms with E-state index in [2.05, 4.69) is 30.6 Å². The highest BCUT2D eigenvalue weighted by molar-refractivity contribution is 7.89. The van der Waals surface area contributed by atoms with Crippen LogP contribution in [0.1, 0.15) is 70.4 Å². The number of aliphatic hydroxyl groups is 1. The molecule has 0 spiro atoms. The largest absolute Gasteiger partial charge is 0.496 e. The van der Waals surface area contributed by atoms with Gasteiger partial charge >= 0.3 is 0 Å². The third-order valence-corrected chi connectivity index (χ3v) is 14.8. The lowest BCUT2D eigenvalue weighted by Gasteiger charge is -2.31. The highest BCUT2D eigenvalue weighted by atomic mass is 35.5. The first-order valence-corrected chi connectivity index (χ1v) is 24.1. The number of rotatable bonds is 18. The molecule has 0 amide bonds. The Bertz CT molecular complexity index is 2430. The zero-order valence-electron chi connectivity index (χ0n) is 35.8. The van der Waals surface area contributed by atoms with Crippen LogP contribution < -0.4 is 31.6 Å². The third-order valence-electron chi connectivity index (χ3n) is 10.6. The van der Waals surface area contributed by atoms with E-state index < -0.39 is 66.0 Å². The minimum Gasteiger partial charge on any atom is -0.496 e. The number of alkyl halides is 1. The van der Waals surface area contributed by atoms with Crippen molar-refractivity contribution in [2.75, 3.05) is 86.5 Å². The normalized spacial score (nSPS) is 15.4. The zero-order valence-corrected chi connectivity index (χ0v) is 38.2. The molecule has 19 nitrogen and oxygen atoms in total. The van der Waals surface area contributed by atoms with Crippen LogP contribution in [0.2, 0.25) is 0 Å². The molecule has 4 aromatic rings. The summed E-state index contributed by atoms with van der Waals surface area (Å²) in [4.78, 5) is 41.8. The Morgan fingerprint density at radius 2 is 1.09 bits per heavy atom. The number of hydrogen-bond donors (Lipinski definition) is 5. The average Bonchev–Trinajstić information content (AvgIpc) is 3.29. The van der Waals surface area contributed by atoms with Gasteiger partial charge in [-0.2, -0.15) is 9.97 Å². The van der Waals surface area contributed by atoms with Gasteiger partial charge in [-0.3, -0.25) is 9.59 Å². The van der Waals surface area contributed by atoms with E-state index in [1.807, 2.05) is 0 Å². The molecule has 2 aromatic carbocycles. The molecule has 0 radical (unpaired) electrons. The molecule has 66 heavy (non-hydrogen) atoms. The standard InChI is InChI=1S/C20H24ClF2N5O4S.C20H25F2N5O5S/c1-32-15-4-3-14(22)17(23)16(15)18(29)13-11-25-20(27-19(13)24)26-12-5-8-28(9-6-12)33(30,31)10-2-7-21;1-32-15-4-3-14(21)17(22)16(15)18(29)13-11-24-20(26-19(13)23)25-12-5-7-27(8-6-12)33(30,31)10-2-9-28/h3-4,11-12H,2,5-10H2,1H3,(H3,24,25,26,27);3-4,11-12,28H,2,5-10H2,1H3,(H3,23,24,25,26). The van der Waals surface area contributed by atoms with Gasteiger partial charge in [0.2, 0.25) is 43.5 Å². The molecule has 4 heterocycles. The summed E-state index contributed by atoms with van der Waals surface area (Å²) in [6.07, 6.45) is 4.86. The van der Waals surface area contributed by atoms with Gasteiger partial charge in [0.25, 0.3) is 0 Å². The number of hydrogen-bond acceptors (Lipinski definition) is 17. The van der Waals surface area contributed by atoms with Crippen LogP contribution in [-0.2, 0) is 20.0 Å². The van der Waals surface area contributed by atoms with E-state index in [1.165, 1.54) is 22.8 Å². The van der Waals surface area contributed by atoms with Crippen LogP contribution in [0.5, 0.6) is 11.5 Å². The number of halogens is 5. The second kappa shape index (κ2) is 22.8. The van der Waals surface area contributed by atoms with Gasteiger partial charge in [-0.25, -0.2) is 53.0 Å². The van der Waals surface area contributed by atoms with Crippen molar-refractivity contribution in [2.24, 2.45) is 0 Å². The fourth-order valence-corrected chi connectivity index (χ4v) is 10.4. The number of carbonyl (C=O) groups excluding carboxylic acids is 2. The molecule has 0 aliphatic carbocycles. The Morgan fingerprint density at radius 3 is 1.42 bits per heavy atom. The number of methoxy groups -OCH3 is 2. The van der Waals surface area contributed by atoms with Crippen LogP contribution in [0, 0.1) is 23.3 Å². The van der Waals surface area contributed by atoms with Gasteiger partial charge in [-0.05, 0) is 62.8 Å². The van der Waals surface area contributed by atoms with E-state index >= 15 is 0 Å². The maximum Gasteiger partial charge on any atom is 0.224 e. The molecule has 7 N–H and O–H groups in total. The predicted molar refractivity (Wildman–Crippen MR) is 237 cm³/mol. The number of nitrogen functional groups attached to an aromatic ring is 2. The lowest BCUT2D eigenvalue weighted by Crippen LogP contribution is -2.43. The molecular formula is C40H49ClF4N10O9S2. The summed E-state index contributed by atoms with van der Waals surface area (Å²) in [6, 6.07) is 3.74. The molecule has 26 heteroatoms. The fourth-order valence-electron chi connectivity index (χ4n) is 7.04. The van der Waals surface area contributed by atoms with Gasteiger partial charge in [0, 0.05) is 63.1 Å². The number of ketones is 2. The van der Waals surface area contributed by atoms with Crippen molar-refractivity contribution in [2.45, 2.75) is 50.6 Å². The Morgan fingerprint density at radius 1 is 0.712 bits per heavy atom. The van der Waals surface area contributed by atoms with Crippen molar-refractivity contribution in [3.8, 4) is 11.5 Å². The number of benzene rings is 2. The van der Waals surface area contributed by atoms with E-state index in [1.54, 1.807) is 0 Å². The fraction of sp³-hybridized carbons (Fsp3) is 0.450. The number of sulfonamides is 2. The lowest BCUT2D eigenvalue weighted by atomic mass is 10.0. The number of nitrogens with zero attached hydrogens (tertiary/aromatic N) is 6. The highest BCUT2D eigenvalue weighted by Crippen LogP contribution is 2.30. The summed E-state index contributed by atoms with van der Waals surface area (Å²) in [5, 5.41) is 15.0. The molecule has 0 atom stereocenters. The number of piperidine rings is 2. The maximum absolute atomic E-state index is 14.3. The number of ether oxygens (including phenoxy) is 2. The molecule has 0 bridgehead atoms. The number of nitrogens with two attached hydrogens (primary N) is 2. The number of nitrogens with one attached hydrogen (secondary N) is 2. The van der Waals surface area contributed by atoms with Crippen LogP contribution in [0.3, 0.4) is 0 Å². The Balaban J connectivity index is 0.000000247. The van der Waals surface area contributed by atoms with Crippen molar-refractivity contribution < 1.29 is 58.6 Å². The third kappa shape index (κ3) is 12.5. The average molecular weight is 989 g/mol. The predicted octanol–water partition coefficient (Wildman–Crippen LogP) is 3.58. The number of carbonyl (C=O) groups is 2. The van der Waals surface area contributed by atoms with Gasteiger partial charge in [-0.15, -0.1) is 11.6 Å². The molecule has 0 saturated carbocycles. The van der Waals surface area contributed by atoms with Gasteiger partial charge in [0.05, 0.1) is 36.9 Å². The van der Waals surface area contributed by atoms with Crippen LogP contribution in [0.15, 0.2) is 36.7 Å². The quantitative estimate of drug-likeness (QED) is 0.0541. The van der Waals surface area contributed by atoms with Crippen LogP contribution in [-0.4, -0.2) is 139 Å². The van der Waals surface area contributed by atoms with E-state index in [9.17, 15) is 44.0 Å². The zero-order chi connectivity index (χ0) is 48.3. The summed E-state index contributed by atoms with van der Waals surface area (Å²) in [6.45, 7) is 1.10. The van der Waals surface area contributed by atoms with Crippen LogP contribution in [0.25, 0.3) is 0 Å². The smallest absolute Gasteiger partial charge is 0.224 e. The topological polar surface area (TPSA) is 275 Å². The van der Waals surface area contributed by atoms with E-state index in [4.69, 9.17) is 37.6 Å². The number of anilines is 4. The Labute approximate surface area is 383 Å². The Kier molecular flexibility index (Phi) is 17.8. The molecule has 2 aliphatic heterocycles. The summed E-state index contributed by atoms with van der Waals surface area (Å²) in [7, 11) is -4.30. The second-order valence-corrected chi connectivity index (χ2v) is 19.5. The first-order valence-electron chi connectivity index (χ1n) is 20.4. The van der Waals surface area contributed by atoms with E-state index in [0.717, 1.165) is 36.7 Å². The minimum atomic E-state index is -3.41. The minimum absolute atomic E-state index is 0.0143. The van der Waals surface area contributed by atoms with Gasteiger partial charge in [0.15, 0.2) is 23.3 Å². The second-order valence-electron chi connectivity index (χ2n) is 14.9. The molecule has 2 saturated heterocycles. The lowest BCUT2D eigenvalue weighted by molar-refractivity contribution is 0.102. The van der Waals surface area contributed by atoms with Crippen molar-refractivity contribution in [1.82, 2.24) is 28.5 Å². The molecule has 0 unspecified atom stereocenters.